The molecule has 0 N–H and O–H groups in total. The van der Waals surface area contributed by atoms with Crippen LogP contribution in [0.3, 0.4) is 0 Å². The molecule has 0 saturated carbocycles. The van der Waals surface area contributed by atoms with E-state index in [1.807, 2.05) is 103 Å². The van der Waals surface area contributed by atoms with Crippen LogP contribution in [0, 0.1) is 6.92 Å². The van der Waals surface area contributed by atoms with Crippen LogP contribution in [0.2, 0.25) is 0 Å². The fourth-order valence-electron chi connectivity index (χ4n) is 7.22. The number of nitrogens with zero attached hydrogens (tertiary/aromatic N) is 2. The number of aromatic nitrogens is 1. The van der Waals surface area contributed by atoms with E-state index in [0.717, 1.165) is 55.2 Å². The summed E-state index contributed by atoms with van der Waals surface area (Å²) in [5, 5.41) is 2.17. The first kappa shape index (κ1) is 28.7. The van der Waals surface area contributed by atoms with Crippen molar-refractivity contribution in [2.75, 3.05) is 4.90 Å². The van der Waals surface area contributed by atoms with Crippen LogP contribution in [0.4, 0.5) is 5.69 Å². The van der Waals surface area contributed by atoms with E-state index in [1.165, 1.54) is 10.5 Å². The SMILES string of the molecule is Cc1ccc(-c2ccc3c(c2)c2ccccc2n3-c2cccc3c2C(=O)N(c2cc(-c4ccccc4)ccc2-c2ccccc2)C3=O)cc1. The minimum atomic E-state index is -0.333. The number of rotatable bonds is 5. The molecule has 0 bridgehead atoms. The number of benzene rings is 7. The van der Waals surface area contributed by atoms with Gasteiger partial charge in [-0.05, 0) is 71.1 Å². The van der Waals surface area contributed by atoms with Crippen molar-refractivity contribution in [3.63, 3.8) is 0 Å². The molecule has 0 fully saturated rings. The zero-order valence-electron chi connectivity index (χ0n) is 26.8. The van der Waals surface area contributed by atoms with Gasteiger partial charge in [-0.3, -0.25) is 9.59 Å². The largest absolute Gasteiger partial charge is 0.308 e. The summed E-state index contributed by atoms with van der Waals surface area (Å²) in [7, 11) is 0. The minimum absolute atomic E-state index is 0.327. The number of imide groups is 1. The van der Waals surface area contributed by atoms with Gasteiger partial charge in [0.05, 0.1) is 33.5 Å². The van der Waals surface area contributed by atoms with Crippen LogP contribution in [-0.4, -0.2) is 16.4 Å². The number of fused-ring (bicyclic) bond motifs is 4. The molecule has 1 aromatic heterocycles. The van der Waals surface area contributed by atoms with Crippen LogP contribution in [0.25, 0.3) is 60.9 Å². The molecule has 7 aromatic carbocycles. The third-order valence-electron chi connectivity index (χ3n) is 9.62. The van der Waals surface area contributed by atoms with Crippen molar-refractivity contribution >= 4 is 39.3 Å². The van der Waals surface area contributed by atoms with Gasteiger partial charge in [-0.2, -0.15) is 0 Å². The molecule has 0 radical (unpaired) electrons. The molecule has 8 aromatic rings. The monoisotopic (exact) mass is 630 g/mol. The second-order valence-electron chi connectivity index (χ2n) is 12.6. The third-order valence-corrected chi connectivity index (χ3v) is 9.62. The van der Waals surface area contributed by atoms with Gasteiger partial charge in [-0.1, -0.05) is 133 Å². The van der Waals surface area contributed by atoms with Crippen LogP contribution in [0.1, 0.15) is 26.3 Å². The molecule has 232 valence electrons. The van der Waals surface area contributed by atoms with Crippen LogP contribution in [0.5, 0.6) is 0 Å². The summed E-state index contributed by atoms with van der Waals surface area (Å²) in [4.78, 5) is 30.6. The number of aryl methyl sites for hydroxylation is 1. The number of carbonyl (C=O) groups excluding carboxylic acids is 2. The maximum atomic E-state index is 14.8. The lowest BCUT2D eigenvalue weighted by atomic mass is 9.97. The van der Waals surface area contributed by atoms with Crippen molar-refractivity contribution in [2.24, 2.45) is 0 Å². The molecule has 2 heterocycles. The lowest BCUT2D eigenvalue weighted by Gasteiger charge is -2.20. The van der Waals surface area contributed by atoms with Crippen LogP contribution in [-0.2, 0) is 0 Å². The summed E-state index contributed by atoms with van der Waals surface area (Å²) in [5.41, 5.74) is 11.2. The van der Waals surface area contributed by atoms with E-state index in [-0.39, 0.29) is 11.8 Å². The molecular weight excluding hydrogens is 601 g/mol. The predicted molar refractivity (Wildman–Crippen MR) is 199 cm³/mol. The Morgan fingerprint density at radius 3 is 1.80 bits per heavy atom. The fraction of sp³-hybridized carbons (Fsp3) is 0.0222. The van der Waals surface area contributed by atoms with Crippen LogP contribution in [0.15, 0.2) is 164 Å². The zero-order valence-corrected chi connectivity index (χ0v) is 26.8. The summed E-state index contributed by atoms with van der Waals surface area (Å²) in [6, 6.07) is 54.9. The third kappa shape index (κ3) is 4.61. The van der Waals surface area contributed by atoms with Gasteiger partial charge in [0, 0.05) is 16.3 Å². The molecule has 1 aliphatic rings. The molecule has 2 amide bonds. The Bertz CT molecular complexity index is 2580. The predicted octanol–water partition coefficient (Wildman–Crippen LogP) is 10.9. The highest BCUT2D eigenvalue weighted by atomic mass is 16.2. The van der Waals surface area contributed by atoms with Crippen molar-refractivity contribution in [3.05, 3.63) is 180 Å². The van der Waals surface area contributed by atoms with Gasteiger partial charge in [0.2, 0.25) is 0 Å². The fourth-order valence-corrected chi connectivity index (χ4v) is 7.22. The number of para-hydroxylation sites is 1. The summed E-state index contributed by atoms with van der Waals surface area (Å²) < 4.78 is 2.13. The van der Waals surface area contributed by atoms with Gasteiger partial charge in [0.25, 0.3) is 11.8 Å². The quantitative estimate of drug-likeness (QED) is 0.178. The first-order chi connectivity index (χ1) is 24.1. The van der Waals surface area contributed by atoms with E-state index >= 15 is 0 Å². The van der Waals surface area contributed by atoms with E-state index in [4.69, 9.17) is 0 Å². The maximum absolute atomic E-state index is 14.8. The average molecular weight is 631 g/mol. The van der Waals surface area contributed by atoms with Crippen molar-refractivity contribution in [1.29, 1.82) is 0 Å². The molecule has 9 rings (SSSR count). The van der Waals surface area contributed by atoms with Crippen molar-refractivity contribution in [1.82, 2.24) is 4.57 Å². The Morgan fingerprint density at radius 2 is 1.02 bits per heavy atom. The molecule has 0 aliphatic carbocycles. The summed E-state index contributed by atoms with van der Waals surface area (Å²) in [5.74, 6) is -0.660. The molecular formula is C45H30N2O2. The number of anilines is 1. The highest BCUT2D eigenvalue weighted by Crippen LogP contribution is 2.42. The number of carbonyl (C=O) groups is 2. The van der Waals surface area contributed by atoms with Crippen molar-refractivity contribution < 1.29 is 9.59 Å². The Labute approximate surface area is 284 Å². The Kier molecular flexibility index (Phi) is 6.63. The van der Waals surface area contributed by atoms with Crippen LogP contribution < -0.4 is 4.90 Å². The Hall–Kier alpha value is -6.52. The highest BCUT2D eigenvalue weighted by Gasteiger charge is 2.40. The van der Waals surface area contributed by atoms with Gasteiger partial charge in [-0.15, -0.1) is 0 Å². The molecule has 0 atom stereocenters. The van der Waals surface area contributed by atoms with Gasteiger partial charge >= 0.3 is 0 Å². The Morgan fingerprint density at radius 1 is 0.408 bits per heavy atom. The minimum Gasteiger partial charge on any atom is -0.308 e. The molecule has 0 spiro atoms. The standard InChI is InChI=1S/C45H30N2O2/c1-29-19-21-31(22-20-29)33-24-26-40-38(27-33)36-15-8-9-17-39(36)46(40)41-18-10-16-37-43(41)45(49)47(44(37)48)42-28-34(30-11-4-2-5-12-30)23-25-35(42)32-13-6-3-7-14-32/h2-28H,1H3. The molecule has 4 nitrogen and oxygen atoms in total. The number of amides is 2. The molecule has 0 saturated heterocycles. The number of hydrogen-bond acceptors (Lipinski definition) is 2. The van der Waals surface area contributed by atoms with E-state index in [1.54, 1.807) is 6.07 Å². The maximum Gasteiger partial charge on any atom is 0.268 e. The van der Waals surface area contributed by atoms with E-state index in [9.17, 15) is 9.59 Å². The average Bonchev–Trinajstić information content (AvgIpc) is 3.62. The summed E-state index contributed by atoms with van der Waals surface area (Å²) in [6.07, 6.45) is 0. The van der Waals surface area contributed by atoms with E-state index in [2.05, 4.69) is 66.1 Å². The van der Waals surface area contributed by atoms with Gasteiger partial charge in [0.1, 0.15) is 0 Å². The molecule has 49 heavy (non-hydrogen) atoms. The lowest BCUT2D eigenvalue weighted by Crippen LogP contribution is -2.30. The first-order valence-corrected chi connectivity index (χ1v) is 16.4. The highest BCUT2D eigenvalue weighted by molar-refractivity contribution is 6.36. The first-order valence-electron chi connectivity index (χ1n) is 16.4. The second kappa shape index (κ2) is 11.3. The smallest absolute Gasteiger partial charge is 0.268 e. The van der Waals surface area contributed by atoms with Gasteiger partial charge < -0.3 is 4.57 Å². The topological polar surface area (TPSA) is 42.3 Å². The van der Waals surface area contributed by atoms with Crippen molar-refractivity contribution in [3.8, 4) is 39.1 Å². The molecule has 0 unspecified atom stereocenters. The number of hydrogen-bond donors (Lipinski definition) is 0. The van der Waals surface area contributed by atoms with E-state index < -0.39 is 0 Å². The molecule has 1 aliphatic heterocycles. The molecule has 4 heteroatoms. The van der Waals surface area contributed by atoms with Gasteiger partial charge in [-0.25, -0.2) is 4.90 Å². The summed E-state index contributed by atoms with van der Waals surface area (Å²) in [6.45, 7) is 2.09. The summed E-state index contributed by atoms with van der Waals surface area (Å²) >= 11 is 0. The Balaban J connectivity index is 1.23. The zero-order chi connectivity index (χ0) is 33.1. The second-order valence-corrected chi connectivity index (χ2v) is 12.6. The van der Waals surface area contributed by atoms with Crippen molar-refractivity contribution in [2.45, 2.75) is 6.92 Å². The van der Waals surface area contributed by atoms with E-state index in [0.29, 0.717) is 22.5 Å². The normalized spacial score (nSPS) is 12.6. The van der Waals surface area contributed by atoms with Crippen LogP contribution >= 0.6 is 0 Å². The van der Waals surface area contributed by atoms with Gasteiger partial charge in [0.15, 0.2) is 0 Å². The lowest BCUT2D eigenvalue weighted by molar-refractivity contribution is 0.0926.